The van der Waals surface area contributed by atoms with Crippen molar-refractivity contribution < 1.29 is 31.4 Å². The highest BCUT2D eigenvalue weighted by Gasteiger charge is 2.35. The fourth-order valence-corrected chi connectivity index (χ4v) is 3.44. The van der Waals surface area contributed by atoms with Crippen LogP contribution >= 0.6 is 0 Å². The third-order valence-electron chi connectivity index (χ3n) is 5.50. The van der Waals surface area contributed by atoms with E-state index < -0.39 is 40.4 Å². The number of hydrogen-bond donors (Lipinski definition) is 0. The Bertz CT molecular complexity index is 588. The first kappa shape index (κ1) is 24.8. The molecule has 0 amide bonds. The van der Waals surface area contributed by atoms with E-state index in [-0.39, 0.29) is 18.8 Å². The number of rotatable bonds is 13. The van der Waals surface area contributed by atoms with Gasteiger partial charge in [-0.3, -0.25) is 0 Å². The van der Waals surface area contributed by atoms with Crippen LogP contribution in [0.2, 0.25) is 0 Å². The van der Waals surface area contributed by atoms with Gasteiger partial charge in [0.1, 0.15) is 0 Å². The molecule has 0 aromatic heterocycles. The Morgan fingerprint density at radius 3 is 1.68 bits per heavy atom. The van der Waals surface area contributed by atoms with Gasteiger partial charge in [0.25, 0.3) is 0 Å². The average molecular weight is 410 g/mol. The van der Waals surface area contributed by atoms with Crippen molar-refractivity contribution in [2.75, 3.05) is 14.2 Å². The maximum absolute atomic E-state index is 14.0. The van der Waals surface area contributed by atoms with Crippen molar-refractivity contribution in [2.45, 2.75) is 77.4 Å². The first-order valence-electron chi connectivity index (χ1n) is 9.84. The summed E-state index contributed by atoms with van der Waals surface area (Å²) >= 11 is 0. The van der Waals surface area contributed by atoms with E-state index in [9.17, 15) is 22.0 Å². The molecule has 1 unspecified atom stereocenters. The summed E-state index contributed by atoms with van der Waals surface area (Å²) in [6.07, 6.45) is 6.98. The lowest BCUT2D eigenvalue weighted by Crippen LogP contribution is -2.39. The van der Waals surface area contributed by atoms with E-state index in [0.29, 0.717) is 6.42 Å². The molecule has 0 saturated heterocycles. The molecule has 1 aromatic carbocycles. The monoisotopic (exact) mass is 410 g/mol. The quantitative estimate of drug-likeness (QED) is 0.119. The third kappa shape index (κ3) is 6.14. The van der Waals surface area contributed by atoms with Crippen molar-refractivity contribution in [3.05, 3.63) is 34.6 Å². The first-order valence-corrected chi connectivity index (χ1v) is 9.84. The van der Waals surface area contributed by atoms with Gasteiger partial charge in [-0.05, 0) is 26.2 Å². The Morgan fingerprint density at radius 2 is 1.18 bits per heavy atom. The molecule has 0 radical (unpaired) electrons. The predicted octanol–water partition coefficient (Wildman–Crippen LogP) is 6.69. The molecule has 0 heterocycles. The molecule has 0 aliphatic heterocycles. The molecular weight excluding hydrogens is 379 g/mol. The zero-order valence-corrected chi connectivity index (χ0v) is 17.1. The van der Waals surface area contributed by atoms with Crippen molar-refractivity contribution in [3.8, 4) is 0 Å². The fraction of sp³-hybridized carbons (Fsp3) is 0.714. The third-order valence-corrected chi connectivity index (χ3v) is 5.50. The van der Waals surface area contributed by atoms with Gasteiger partial charge in [-0.15, -0.1) is 0 Å². The van der Waals surface area contributed by atoms with Crippen LogP contribution in [0.5, 0.6) is 0 Å². The van der Waals surface area contributed by atoms with E-state index >= 15 is 0 Å². The molecule has 28 heavy (non-hydrogen) atoms. The lowest BCUT2D eigenvalue weighted by molar-refractivity contribution is -0.229. The summed E-state index contributed by atoms with van der Waals surface area (Å²) in [6, 6.07) is 0. The fourth-order valence-electron chi connectivity index (χ4n) is 3.44. The minimum atomic E-state index is -2.14. The lowest BCUT2D eigenvalue weighted by Gasteiger charge is -2.35. The summed E-state index contributed by atoms with van der Waals surface area (Å²) in [5.74, 6) is -10.8. The summed E-state index contributed by atoms with van der Waals surface area (Å²) in [7, 11) is 2.94. The van der Waals surface area contributed by atoms with Crippen molar-refractivity contribution >= 4 is 0 Å². The molecule has 2 nitrogen and oxygen atoms in total. The first-order chi connectivity index (χ1) is 13.2. The average Bonchev–Trinajstić information content (AvgIpc) is 2.71. The van der Waals surface area contributed by atoms with Gasteiger partial charge < -0.3 is 9.47 Å². The van der Waals surface area contributed by atoms with Crippen molar-refractivity contribution in [1.29, 1.82) is 0 Å². The molecule has 0 fully saturated rings. The Hall–Kier alpha value is -1.21. The summed E-state index contributed by atoms with van der Waals surface area (Å²) in [4.78, 5) is 0. The van der Waals surface area contributed by atoms with E-state index in [4.69, 9.17) is 9.47 Å². The Kier molecular flexibility index (Phi) is 10.4. The van der Waals surface area contributed by atoms with Gasteiger partial charge in [-0.2, -0.15) is 0 Å². The van der Waals surface area contributed by atoms with E-state index in [0.717, 1.165) is 32.1 Å². The number of hydrogen-bond acceptors (Lipinski definition) is 2. The number of halogens is 5. The predicted molar refractivity (Wildman–Crippen MR) is 98.5 cm³/mol. The van der Waals surface area contributed by atoms with Gasteiger partial charge in [0, 0.05) is 25.7 Å². The van der Waals surface area contributed by atoms with Crippen LogP contribution in [-0.2, 0) is 15.9 Å². The van der Waals surface area contributed by atoms with Crippen LogP contribution in [0.25, 0.3) is 0 Å². The second-order valence-electron chi connectivity index (χ2n) is 7.26. The second-order valence-corrected chi connectivity index (χ2v) is 7.26. The van der Waals surface area contributed by atoms with E-state index in [1.54, 1.807) is 6.92 Å². The molecule has 0 spiro atoms. The Labute approximate surface area is 164 Å². The smallest absolute Gasteiger partial charge is 0.200 e. The number of benzene rings is 1. The normalized spacial score (nSPS) is 13.2. The van der Waals surface area contributed by atoms with Gasteiger partial charge >= 0.3 is 0 Å². The van der Waals surface area contributed by atoms with E-state index in [1.807, 2.05) is 0 Å². The van der Waals surface area contributed by atoms with Crippen molar-refractivity contribution in [1.82, 2.24) is 0 Å². The molecule has 1 rings (SSSR count). The molecule has 1 atom stereocenters. The van der Waals surface area contributed by atoms with Crippen LogP contribution in [0.1, 0.15) is 70.8 Å². The van der Waals surface area contributed by atoms with E-state index in [2.05, 4.69) is 6.92 Å². The minimum absolute atomic E-state index is 0.172. The standard InChI is InChI=1S/C21H31F5O2/c1-5-6-7-8-9-10-11-14(21(2,27-3)28-4)12-13-15-16(22)18(24)20(26)19(25)17(15)23/h14H,5-13H2,1-4H3. The Balaban J connectivity index is 2.88. The minimum Gasteiger partial charge on any atom is -0.353 e. The molecule has 0 bridgehead atoms. The molecule has 1 aromatic rings. The summed E-state index contributed by atoms with van der Waals surface area (Å²) in [5, 5.41) is 0. The molecule has 0 aliphatic rings. The zero-order chi connectivity index (χ0) is 21.3. The number of methoxy groups -OCH3 is 2. The molecule has 0 N–H and O–H groups in total. The topological polar surface area (TPSA) is 18.5 Å². The van der Waals surface area contributed by atoms with Gasteiger partial charge in [0.15, 0.2) is 29.1 Å². The summed E-state index contributed by atoms with van der Waals surface area (Å²) in [6.45, 7) is 3.85. The number of unbranched alkanes of at least 4 members (excludes halogenated alkanes) is 5. The second kappa shape index (κ2) is 11.7. The highest BCUT2D eigenvalue weighted by Crippen LogP contribution is 2.33. The largest absolute Gasteiger partial charge is 0.353 e. The molecule has 162 valence electrons. The van der Waals surface area contributed by atoms with Gasteiger partial charge in [0.05, 0.1) is 0 Å². The van der Waals surface area contributed by atoms with Crippen LogP contribution in [0.4, 0.5) is 22.0 Å². The molecule has 0 aliphatic carbocycles. The zero-order valence-electron chi connectivity index (χ0n) is 17.1. The van der Waals surface area contributed by atoms with Crippen molar-refractivity contribution in [2.24, 2.45) is 5.92 Å². The SMILES string of the molecule is CCCCCCCCC(CCc1c(F)c(F)c(F)c(F)c1F)C(C)(OC)OC. The summed E-state index contributed by atoms with van der Waals surface area (Å²) in [5.41, 5.74) is -0.793. The summed E-state index contributed by atoms with van der Waals surface area (Å²) < 4.78 is 78.9. The van der Waals surface area contributed by atoms with Crippen LogP contribution in [0, 0.1) is 35.0 Å². The van der Waals surface area contributed by atoms with E-state index in [1.165, 1.54) is 20.6 Å². The Morgan fingerprint density at radius 1 is 0.714 bits per heavy atom. The number of ether oxygens (including phenoxy) is 2. The van der Waals surface area contributed by atoms with Crippen LogP contribution in [-0.4, -0.2) is 20.0 Å². The van der Waals surface area contributed by atoms with Crippen LogP contribution < -0.4 is 0 Å². The highest BCUT2D eigenvalue weighted by molar-refractivity contribution is 5.24. The maximum atomic E-state index is 14.0. The molecule has 0 saturated carbocycles. The van der Waals surface area contributed by atoms with Crippen LogP contribution in [0.15, 0.2) is 0 Å². The maximum Gasteiger partial charge on any atom is 0.200 e. The molecular formula is C21H31F5O2. The van der Waals surface area contributed by atoms with Gasteiger partial charge in [-0.1, -0.05) is 45.4 Å². The van der Waals surface area contributed by atoms with Gasteiger partial charge in [-0.25, -0.2) is 22.0 Å². The van der Waals surface area contributed by atoms with Gasteiger partial charge in [0.2, 0.25) is 5.82 Å². The highest BCUT2D eigenvalue weighted by atomic mass is 19.2. The van der Waals surface area contributed by atoms with Crippen molar-refractivity contribution in [3.63, 3.8) is 0 Å². The van der Waals surface area contributed by atoms with Crippen LogP contribution in [0.3, 0.4) is 0 Å². The lowest BCUT2D eigenvalue weighted by atomic mass is 9.87. The molecule has 7 heteroatoms.